The first-order chi connectivity index (χ1) is 12.7. The molecule has 0 saturated heterocycles. The summed E-state index contributed by atoms with van der Waals surface area (Å²) in [5, 5.41) is 4.84. The predicted octanol–water partition coefficient (Wildman–Crippen LogP) is 4.46. The summed E-state index contributed by atoms with van der Waals surface area (Å²) in [4.78, 5) is 29.2. The first kappa shape index (κ1) is 21.0. The lowest BCUT2D eigenvalue weighted by Gasteiger charge is -2.32. The molecule has 1 atom stereocenters. The van der Waals surface area contributed by atoms with Gasteiger partial charge in [-0.25, -0.2) is 0 Å². The van der Waals surface area contributed by atoms with Crippen molar-refractivity contribution in [2.24, 2.45) is 5.92 Å². The van der Waals surface area contributed by atoms with E-state index in [2.05, 4.69) is 26.1 Å². The Hall–Kier alpha value is -2.34. The number of nitrogens with one attached hydrogen (secondary N) is 1. The second-order valence-electron chi connectivity index (χ2n) is 7.30. The zero-order valence-corrected chi connectivity index (χ0v) is 17.8. The highest BCUT2D eigenvalue weighted by Gasteiger charge is 2.22. The Labute approximate surface area is 166 Å². The molecule has 0 fully saturated rings. The van der Waals surface area contributed by atoms with E-state index in [4.69, 9.17) is 0 Å². The van der Waals surface area contributed by atoms with Gasteiger partial charge >= 0.3 is 0 Å². The number of anilines is 2. The van der Waals surface area contributed by atoms with Gasteiger partial charge in [0, 0.05) is 45.0 Å². The summed E-state index contributed by atoms with van der Waals surface area (Å²) in [5.74, 6) is 0.292. The molecule has 0 spiro atoms. The molecule has 0 radical (unpaired) electrons. The Balaban J connectivity index is 2.31. The molecule has 2 rings (SSSR count). The topological polar surface area (TPSA) is 52.7 Å². The second kappa shape index (κ2) is 9.04. The first-order valence-electron chi connectivity index (χ1n) is 9.13. The van der Waals surface area contributed by atoms with E-state index in [1.54, 1.807) is 13.0 Å². The van der Waals surface area contributed by atoms with Crippen LogP contribution in [0, 0.1) is 5.92 Å². The molecule has 5 nitrogen and oxygen atoms in total. The molecule has 1 aromatic carbocycles. The van der Waals surface area contributed by atoms with E-state index >= 15 is 0 Å². The van der Waals surface area contributed by atoms with E-state index in [1.165, 1.54) is 11.3 Å². The summed E-state index contributed by atoms with van der Waals surface area (Å²) in [5.41, 5.74) is 2.77. The molecule has 6 heteroatoms. The number of hydrogen-bond donors (Lipinski definition) is 1. The van der Waals surface area contributed by atoms with Gasteiger partial charge in [-0.1, -0.05) is 19.9 Å². The van der Waals surface area contributed by atoms with Crippen LogP contribution in [0.2, 0.25) is 0 Å². The summed E-state index contributed by atoms with van der Waals surface area (Å²) >= 11 is 1.41. The van der Waals surface area contributed by atoms with Gasteiger partial charge in [-0.2, -0.15) is 0 Å². The van der Waals surface area contributed by atoms with E-state index < -0.39 is 0 Å². The molecule has 1 N–H and O–H groups in total. The standard InChI is InChI=1S/C21H29N3O2S/c1-14(2)15(3)24(16(4)25)13-17-12-18(9-10-19(17)23(5)6)22-21(26)20-8-7-11-27-20/h7-12,14-15H,13H2,1-6H3,(H,22,26)/t15-/m0/s1. The predicted molar refractivity (Wildman–Crippen MR) is 114 cm³/mol. The van der Waals surface area contributed by atoms with Gasteiger partial charge in [-0.3, -0.25) is 9.59 Å². The number of benzene rings is 1. The van der Waals surface area contributed by atoms with Crippen molar-refractivity contribution in [2.75, 3.05) is 24.3 Å². The van der Waals surface area contributed by atoms with Crippen molar-refractivity contribution < 1.29 is 9.59 Å². The van der Waals surface area contributed by atoms with Crippen LogP contribution in [-0.4, -0.2) is 36.9 Å². The molecular weight excluding hydrogens is 358 g/mol. The molecule has 0 saturated carbocycles. The highest BCUT2D eigenvalue weighted by molar-refractivity contribution is 7.12. The number of carbonyl (C=O) groups is 2. The van der Waals surface area contributed by atoms with Crippen molar-refractivity contribution in [3.63, 3.8) is 0 Å². The van der Waals surface area contributed by atoms with Crippen molar-refractivity contribution in [2.45, 2.75) is 40.3 Å². The minimum Gasteiger partial charge on any atom is -0.377 e. The molecule has 1 aromatic heterocycles. The number of rotatable bonds is 7. The SMILES string of the molecule is CC(=O)N(Cc1cc(NC(=O)c2cccs2)ccc1N(C)C)[C@@H](C)C(C)C. The van der Waals surface area contributed by atoms with Crippen LogP contribution in [0.15, 0.2) is 35.7 Å². The van der Waals surface area contributed by atoms with Gasteiger partial charge in [-0.15, -0.1) is 11.3 Å². The van der Waals surface area contributed by atoms with Crippen molar-refractivity contribution >= 4 is 34.5 Å². The zero-order valence-electron chi connectivity index (χ0n) is 16.9. The van der Waals surface area contributed by atoms with Crippen LogP contribution in [-0.2, 0) is 11.3 Å². The van der Waals surface area contributed by atoms with Gasteiger partial charge in [0.2, 0.25) is 5.91 Å². The number of carbonyl (C=O) groups excluding carboxylic acids is 2. The lowest BCUT2D eigenvalue weighted by molar-refractivity contribution is -0.132. The Bertz CT molecular complexity index is 785. The Morgan fingerprint density at radius 2 is 1.85 bits per heavy atom. The molecule has 0 aliphatic heterocycles. The fraction of sp³-hybridized carbons (Fsp3) is 0.429. The van der Waals surface area contributed by atoms with E-state index in [1.807, 2.05) is 53.5 Å². The second-order valence-corrected chi connectivity index (χ2v) is 8.25. The number of thiophene rings is 1. The maximum absolute atomic E-state index is 12.4. The van der Waals surface area contributed by atoms with Crippen LogP contribution < -0.4 is 10.2 Å². The summed E-state index contributed by atoms with van der Waals surface area (Å²) in [7, 11) is 3.96. The largest absolute Gasteiger partial charge is 0.377 e. The lowest BCUT2D eigenvalue weighted by Crippen LogP contribution is -2.39. The third kappa shape index (κ3) is 5.32. The van der Waals surface area contributed by atoms with Gasteiger partial charge in [0.15, 0.2) is 0 Å². The summed E-state index contributed by atoms with van der Waals surface area (Å²) in [6.07, 6.45) is 0. The van der Waals surface area contributed by atoms with Gasteiger partial charge in [-0.05, 0) is 48.1 Å². The van der Waals surface area contributed by atoms with Gasteiger partial charge < -0.3 is 15.1 Å². The molecule has 0 unspecified atom stereocenters. The van der Waals surface area contributed by atoms with Crippen LogP contribution in [0.1, 0.15) is 42.9 Å². The van der Waals surface area contributed by atoms with Crippen LogP contribution in [0.5, 0.6) is 0 Å². The number of nitrogens with zero attached hydrogens (tertiary/aromatic N) is 2. The fourth-order valence-electron chi connectivity index (χ4n) is 2.91. The van der Waals surface area contributed by atoms with Crippen molar-refractivity contribution in [3.05, 3.63) is 46.2 Å². The van der Waals surface area contributed by atoms with Crippen molar-refractivity contribution in [1.82, 2.24) is 4.90 Å². The highest BCUT2D eigenvalue weighted by atomic mass is 32.1. The van der Waals surface area contributed by atoms with Crippen LogP contribution in [0.25, 0.3) is 0 Å². The van der Waals surface area contributed by atoms with E-state index in [9.17, 15) is 9.59 Å². The average molecular weight is 388 g/mol. The van der Waals surface area contributed by atoms with Gasteiger partial charge in [0.05, 0.1) is 4.88 Å². The Morgan fingerprint density at radius 1 is 1.15 bits per heavy atom. The van der Waals surface area contributed by atoms with E-state index in [0.717, 1.165) is 16.9 Å². The maximum atomic E-state index is 12.4. The normalized spacial score (nSPS) is 12.0. The molecule has 1 heterocycles. The maximum Gasteiger partial charge on any atom is 0.265 e. The van der Waals surface area contributed by atoms with Crippen LogP contribution in [0.4, 0.5) is 11.4 Å². The zero-order chi connectivity index (χ0) is 20.1. The van der Waals surface area contributed by atoms with Crippen molar-refractivity contribution in [1.29, 1.82) is 0 Å². The monoisotopic (exact) mass is 387 g/mol. The summed E-state index contributed by atoms with van der Waals surface area (Å²) in [6, 6.07) is 9.63. The Morgan fingerprint density at radius 3 is 2.37 bits per heavy atom. The highest BCUT2D eigenvalue weighted by Crippen LogP contribution is 2.26. The van der Waals surface area contributed by atoms with Gasteiger partial charge in [0.25, 0.3) is 5.91 Å². The first-order valence-corrected chi connectivity index (χ1v) is 10.0. The molecular formula is C21H29N3O2S. The van der Waals surface area contributed by atoms with Gasteiger partial charge in [0.1, 0.15) is 0 Å². The minimum atomic E-state index is -0.118. The number of hydrogen-bond acceptors (Lipinski definition) is 4. The lowest BCUT2D eigenvalue weighted by atomic mass is 10.0. The fourth-order valence-corrected chi connectivity index (χ4v) is 3.53. The Kier molecular flexibility index (Phi) is 7.02. The van der Waals surface area contributed by atoms with E-state index in [0.29, 0.717) is 17.3 Å². The summed E-state index contributed by atoms with van der Waals surface area (Å²) < 4.78 is 0. The summed E-state index contributed by atoms with van der Waals surface area (Å²) in [6.45, 7) is 8.42. The quantitative estimate of drug-likeness (QED) is 0.763. The molecule has 0 aliphatic rings. The third-order valence-electron chi connectivity index (χ3n) is 4.77. The van der Waals surface area contributed by atoms with Crippen LogP contribution >= 0.6 is 11.3 Å². The molecule has 2 amide bonds. The van der Waals surface area contributed by atoms with E-state index in [-0.39, 0.29) is 17.9 Å². The minimum absolute atomic E-state index is 0.0499. The third-order valence-corrected chi connectivity index (χ3v) is 5.63. The smallest absolute Gasteiger partial charge is 0.265 e. The molecule has 27 heavy (non-hydrogen) atoms. The molecule has 146 valence electrons. The molecule has 0 aliphatic carbocycles. The van der Waals surface area contributed by atoms with Crippen LogP contribution in [0.3, 0.4) is 0 Å². The molecule has 2 aromatic rings. The average Bonchev–Trinajstić information content (AvgIpc) is 3.13. The number of amides is 2. The van der Waals surface area contributed by atoms with Crippen molar-refractivity contribution in [3.8, 4) is 0 Å². The molecule has 0 bridgehead atoms.